The Balaban J connectivity index is 1.14. The number of hydrogen-bond acceptors (Lipinski definition) is 7. The van der Waals surface area contributed by atoms with Crippen molar-refractivity contribution in [2.24, 2.45) is 0 Å². The van der Waals surface area contributed by atoms with E-state index in [0.717, 1.165) is 46.5 Å². The number of alkyl halides is 2. The van der Waals surface area contributed by atoms with Gasteiger partial charge in [0.05, 0.1) is 30.5 Å². The molecule has 228 valence electrons. The molecule has 2 N–H and O–H groups in total. The molecular formula is C28H30ClF3N8O3. The van der Waals surface area contributed by atoms with Gasteiger partial charge in [-0.15, -0.1) is 5.10 Å². The zero-order valence-electron chi connectivity index (χ0n) is 23.3. The summed E-state index contributed by atoms with van der Waals surface area (Å²) in [6.45, 7) is 0.121. The number of nitrogens with zero attached hydrogens (tertiary/aromatic N) is 7. The Morgan fingerprint density at radius 1 is 1.26 bits per heavy atom. The fourth-order valence-electron chi connectivity index (χ4n) is 6.01. The van der Waals surface area contributed by atoms with E-state index in [1.807, 2.05) is 19.2 Å². The summed E-state index contributed by atoms with van der Waals surface area (Å²) in [5.41, 5.74) is 1.96. The first-order valence-electron chi connectivity index (χ1n) is 14.0. The minimum atomic E-state index is -2.92. The van der Waals surface area contributed by atoms with Crippen molar-refractivity contribution in [2.45, 2.75) is 62.8 Å². The second-order valence-electron chi connectivity index (χ2n) is 11.3. The molecule has 0 saturated carbocycles. The van der Waals surface area contributed by atoms with Crippen molar-refractivity contribution >= 4 is 23.2 Å². The van der Waals surface area contributed by atoms with Crippen LogP contribution in [-0.2, 0) is 24.2 Å². The number of imidazole rings is 1. The molecule has 6 rings (SSSR count). The molecule has 0 bridgehead atoms. The first kappa shape index (κ1) is 29.3. The second kappa shape index (κ2) is 11.4. The van der Waals surface area contributed by atoms with Crippen LogP contribution in [0.15, 0.2) is 41.7 Å². The highest BCUT2D eigenvalue weighted by Crippen LogP contribution is 2.34. The molecule has 4 heterocycles. The van der Waals surface area contributed by atoms with Gasteiger partial charge in [0.2, 0.25) is 17.5 Å². The molecular weight excluding hydrogens is 589 g/mol. The lowest BCUT2D eigenvalue weighted by Gasteiger charge is -2.38. The zero-order chi connectivity index (χ0) is 30.5. The van der Waals surface area contributed by atoms with E-state index >= 15 is 0 Å². The van der Waals surface area contributed by atoms with Crippen LogP contribution in [0, 0.1) is 5.95 Å². The Morgan fingerprint density at radius 2 is 2.02 bits per heavy atom. The van der Waals surface area contributed by atoms with Crippen LogP contribution >= 0.6 is 11.6 Å². The van der Waals surface area contributed by atoms with Gasteiger partial charge in [-0.3, -0.25) is 18.8 Å². The number of aromatic nitrogens is 6. The third-order valence-corrected chi connectivity index (χ3v) is 8.84. The molecule has 1 amide bonds. The Kier molecular flexibility index (Phi) is 7.77. The van der Waals surface area contributed by atoms with Gasteiger partial charge in [-0.2, -0.15) is 9.49 Å². The van der Waals surface area contributed by atoms with Crippen LogP contribution in [0.25, 0.3) is 16.9 Å². The highest BCUT2D eigenvalue weighted by molar-refractivity contribution is 6.31. The standard InChI is InChI=1S/C28H30ClF3N8O3/c1-33-18-9-16-8-17(10-20(29)19(16)11-18)22-13-34-26-27(42)38(15-35-40(22)26)14-28(43)3-6-37(7-4-28)24(41)12-21(25(31)32)39-5-2-23(30)36-39/h2,5,8,10,13,15,18,21,25,33,43H,3-4,6-7,9,11-12,14H2,1H3. The van der Waals surface area contributed by atoms with E-state index < -0.39 is 41.9 Å². The van der Waals surface area contributed by atoms with Crippen molar-refractivity contribution in [1.29, 1.82) is 0 Å². The average molecular weight is 619 g/mol. The molecule has 1 fully saturated rings. The van der Waals surface area contributed by atoms with E-state index in [-0.39, 0.29) is 38.1 Å². The Morgan fingerprint density at radius 3 is 2.70 bits per heavy atom. The lowest BCUT2D eigenvalue weighted by Crippen LogP contribution is -2.50. The summed E-state index contributed by atoms with van der Waals surface area (Å²) in [6.07, 6.45) is 2.42. The number of carbonyl (C=O) groups excluding carboxylic acids is 1. The first-order chi connectivity index (χ1) is 20.5. The van der Waals surface area contributed by atoms with Crippen molar-refractivity contribution in [3.63, 3.8) is 0 Å². The van der Waals surface area contributed by atoms with Crippen molar-refractivity contribution in [3.8, 4) is 11.3 Å². The highest BCUT2D eigenvalue weighted by atomic mass is 35.5. The summed E-state index contributed by atoms with van der Waals surface area (Å²) in [5, 5.41) is 23.0. The topological polar surface area (TPSA) is 123 Å². The van der Waals surface area contributed by atoms with Gasteiger partial charge >= 0.3 is 0 Å². The zero-order valence-corrected chi connectivity index (χ0v) is 24.0. The van der Waals surface area contributed by atoms with Crippen LogP contribution < -0.4 is 10.9 Å². The maximum absolute atomic E-state index is 13.6. The number of likely N-dealkylation sites (tertiary alicyclic amines) is 1. The molecule has 2 atom stereocenters. The van der Waals surface area contributed by atoms with Crippen LogP contribution in [0.5, 0.6) is 0 Å². The molecule has 43 heavy (non-hydrogen) atoms. The predicted molar refractivity (Wildman–Crippen MR) is 151 cm³/mol. The van der Waals surface area contributed by atoms with E-state index in [0.29, 0.717) is 16.8 Å². The van der Waals surface area contributed by atoms with Gasteiger partial charge in [0, 0.05) is 42.0 Å². The number of piperidine rings is 1. The summed E-state index contributed by atoms with van der Waals surface area (Å²) < 4.78 is 43.9. The van der Waals surface area contributed by atoms with Crippen LogP contribution in [0.2, 0.25) is 5.02 Å². The summed E-state index contributed by atoms with van der Waals surface area (Å²) in [7, 11) is 1.92. The maximum atomic E-state index is 13.6. The first-order valence-corrected chi connectivity index (χ1v) is 14.3. The third-order valence-electron chi connectivity index (χ3n) is 8.51. The van der Waals surface area contributed by atoms with E-state index in [1.54, 1.807) is 6.20 Å². The van der Waals surface area contributed by atoms with Crippen LogP contribution in [0.3, 0.4) is 0 Å². The second-order valence-corrected chi connectivity index (χ2v) is 11.7. The molecule has 2 aliphatic rings. The van der Waals surface area contributed by atoms with Crippen molar-refractivity contribution in [1.82, 2.24) is 39.2 Å². The number of amides is 1. The van der Waals surface area contributed by atoms with Crippen molar-refractivity contribution < 1.29 is 23.1 Å². The third kappa shape index (κ3) is 5.66. The van der Waals surface area contributed by atoms with Gasteiger partial charge in [0.25, 0.3) is 12.0 Å². The number of nitrogens with one attached hydrogen (secondary N) is 1. The fourth-order valence-corrected chi connectivity index (χ4v) is 6.32. The van der Waals surface area contributed by atoms with Crippen molar-refractivity contribution in [3.05, 3.63) is 69.4 Å². The minimum Gasteiger partial charge on any atom is -0.388 e. The van der Waals surface area contributed by atoms with E-state index in [9.17, 15) is 27.9 Å². The molecule has 1 aromatic carbocycles. The molecule has 4 aromatic rings. The highest BCUT2D eigenvalue weighted by Gasteiger charge is 2.37. The predicted octanol–water partition coefficient (Wildman–Crippen LogP) is 2.48. The molecule has 2 unspecified atom stereocenters. The number of aliphatic hydroxyl groups is 1. The van der Waals surface area contributed by atoms with Gasteiger partial charge < -0.3 is 15.3 Å². The molecule has 0 spiro atoms. The summed E-state index contributed by atoms with van der Waals surface area (Å²) in [5.74, 6) is -1.47. The molecule has 1 saturated heterocycles. The molecule has 1 aliphatic heterocycles. The molecule has 15 heteroatoms. The van der Waals surface area contributed by atoms with Gasteiger partial charge in [-0.25, -0.2) is 18.3 Å². The van der Waals surface area contributed by atoms with Gasteiger partial charge in [-0.1, -0.05) is 11.6 Å². The number of likely N-dealkylation sites (N-methyl/N-ethyl adjacent to an activating group) is 1. The summed E-state index contributed by atoms with van der Waals surface area (Å²) in [6, 6.07) is 3.55. The molecule has 1 aliphatic carbocycles. The van der Waals surface area contributed by atoms with Crippen LogP contribution in [-0.4, -0.2) is 83.1 Å². The van der Waals surface area contributed by atoms with Crippen LogP contribution in [0.1, 0.15) is 36.4 Å². The number of carbonyl (C=O) groups is 1. The minimum absolute atomic E-state index is 0.0815. The van der Waals surface area contributed by atoms with Crippen molar-refractivity contribution in [2.75, 3.05) is 20.1 Å². The maximum Gasteiger partial charge on any atom is 0.296 e. The van der Waals surface area contributed by atoms with Gasteiger partial charge in [0.15, 0.2) is 0 Å². The van der Waals surface area contributed by atoms with Gasteiger partial charge in [-0.05, 0) is 56.0 Å². The molecule has 0 radical (unpaired) electrons. The normalized spacial score (nSPS) is 18.9. The number of benzene rings is 1. The lowest BCUT2D eigenvalue weighted by atomic mass is 9.91. The molecule has 11 nitrogen and oxygen atoms in total. The Labute approximate surface area is 248 Å². The Bertz CT molecular complexity index is 1730. The summed E-state index contributed by atoms with van der Waals surface area (Å²) >= 11 is 6.60. The number of halogens is 4. The Hall–Kier alpha value is -3.75. The number of fused-ring (bicyclic) bond motifs is 2. The number of rotatable bonds is 8. The van der Waals surface area contributed by atoms with E-state index in [2.05, 4.69) is 20.5 Å². The smallest absolute Gasteiger partial charge is 0.296 e. The average Bonchev–Trinajstić information content (AvgIpc) is 3.71. The largest absolute Gasteiger partial charge is 0.388 e. The lowest BCUT2D eigenvalue weighted by molar-refractivity contribution is -0.138. The monoisotopic (exact) mass is 618 g/mol. The van der Waals surface area contributed by atoms with E-state index in [4.69, 9.17) is 11.6 Å². The quantitative estimate of drug-likeness (QED) is 0.311. The van der Waals surface area contributed by atoms with E-state index in [1.165, 1.54) is 20.3 Å². The SMILES string of the molecule is CNC1Cc2cc(-c3cnc4c(=O)n(CC5(O)CCN(C(=O)CC(C(F)F)n6ccc(F)n6)CC5)cnn34)cc(Cl)c2C1. The number of hydrogen-bond donors (Lipinski definition) is 2. The fraction of sp³-hybridized carbons (Fsp3) is 0.464. The van der Waals surface area contributed by atoms with Crippen LogP contribution in [0.4, 0.5) is 13.2 Å². The molecule has 3 aromatic heterocycles. The van der Waals surface area contributed by atoms with Gasteiger partial charge in [0.1, 0.15) is 12.4 Å². The summed E-state index contributed by atoms with van der Waals surface area (Å²) in [4.78, 5) is 31.8.